The predicted molar refractivity (Wildman–Crippen MR) is 180 cm³/mol. The first-order valence-corrected chi connectivity index (χ1v) is 16.9. The highest BCUT2D eigenvalue weighted by Crippen LogP contribution is 2.53. The van der Waals surface area contributed by atoms with Crippen molar-refractivity contribution in [2.24, 2.45) is 5.92 Å². The van der Waals surface area contributed by atoms with Crippen molar-refractivity contribution in [2.45, 2.75) is 63.5 Å². The van der Waals surface area contributed by atoms with E-state index < -0.39 is 40.9 Å². The summed E-state index contributed by atoms with van der Waals surface area (Å²) in [6.45, 7) is 6.95. The molecule has 3 fully saturated rings. The summed E-state index contributed by atoms with van der Waals surface area (Å²) in [5.74, 6) is -5.22. The Bertz CT molecular complexity index is 1630. The summed E-state index contributed by atoms with van der Waals surface area (Å²) >= 11 is 0. The highest BCUT2D eigenvalue weighted by molar-refractivity contribution is 6.30. The number of ketones is 1. The third-order valence-electron chi connectivity index (χ3n) is 10.2. The van der Waals surface area contributed by atoms with Crippen molar-refractivity contribution in [3.63, 3.8) is 0 Å². The quantitative estimate of drug-likeness (QED) is 0.275. The van der Waals surface area contributed by atoms with Gasteiger partial charge in [-0.2, -0.15) is 0 Å². The zero-order valence-electron chi connectivity index (χ0n) is 27.2. The Kier molecular flexibility index (Phi) is 9.45. The van der Waals surface area contributed by atoms with E-state index in [9.17, 15) is 9.90 Å². The lowest BCUT2D eigenvalue weighted by Gasteiger charge is -2.41. The first-order chi connectivity index (χ1) is 22.8. The van der Waals surface area contributed by atoms with Crippen molar-refractivity contribution in [2.75, 3.05) is 37.6 Å². The second-order valence-electron chi connectivity index (χ2n) is 13.1. The molecule has 0 spiro atoms. The Hall–Kier alpha value is -4.50. The van der Waals surface area contributed by atoms with Gasteiger partial charge >= 0.3 is 0 Å². The number of aromatic hydroxyl groups is 1. The van der Waals surface area contributed by atoms with Crippen molar-refractivity contribution in [1.82, 2.24) is 15.1 Å². The van der Waals surface area contributed by atoms with E-state index in [0.29, 0.717) is 31.9 Å². The van der Waals surface area contributed by atoms with Crippen LogP contribution >= 0.6 is 0 Å². The highest BCUT2D eigenvalue weighted by atomic mass is 16.3. The molecule has 1 saturated carbocycles. The SMILES string of the molecule is CCN1CCN(C(=O)C2C(=O)N(c3cccc(C)c3)C(C(=O)NC3CCCCC3)(C(=O)c3ccccc3)C2c2ccccc2O)CC1. The van der Waals surface area contributed by atoms with Gasteiger partial charge in [0.1, 0.15) is 11.7 Å². The first kappa shape index (κ1) is 32.4. The van der Waals surface area contributed by atoms with Crippen molar-refractivity contribution < 1.29 is 24.3 Å². The summed E-state index contributed by atoms with van der Waals surface area (Å²) in [5, 5.41) is 14.6. The smallest absolute Gasteiger partial charge is 0.255 e. The van der Waals surface area contributed by atoms with Gasteiger partial charge in [0.25, 0.3) is 5.91 Å². The Morgan fingerprint density at radius 1 is 0.872 bits per heavy atom. The number of para-hydroxylation sites is 1. The minimum Gasteiger partial charge on any atom is -0.508 e. The van der Waals surface area contributed by atoms with Gasteiger partial charge in [0.05, 0.1) is 0 Å². The van der Waals surface area contributed by atoms with Crippen LogP contribution in [0.5, 0.6) is 5.75 Å². The number of Topliss-reactive ketones (excluding diaryl/α,β-unsaturated/α-hetero) is 1. The molecule has 0 radical (unpaired) electrons. The van der Waals surface area contributed by atoms with Gasteiger partial charge in [-0.3, -0.25) is 24.1 Å². The van der Waals surface area contributed by atoms with E-state index in [1.165, 1.54) is 11.0 Å². The largest absolute Gasteiger partial charge is 0.508 e. The van der Waals surface area contributed by atoms with Gasteiger partial charge in [-0.1, -0.05) is 86.8 Å². The summed E-state index contributed by atoms with van der Waals surface area (Å²) in [7, 11) is 0. The Labute approximate surface area is 276 Å². The number of hydrogen-bond acceptors (Lipinski definition) is 6. The van der Waals surface area contributed by atoms with Crippen LogP contribution in [0.4, 0.5) is 5.69 Å². The van der Waals surface area contributed by atoms with Gasteiger partial charge in [-0.05, 0) is 50.1 Å². The van der Waals surface area contributed by atoms with Gasteiger partial charge < -0.3 is 20.2 Å². The first-order valence-electron chi connectivity index (χ1n) is 16.9. The van der Waals surface area contributed by atoms with Gasteiger partial charge in [0.15, 0.2) is 11.3 Å². The van der Waals surface area contributed by atoms with Crippen molar-refractivity contribution in [3.8, 4) is 5.75 Å². The number of rotatable bonds is 8. The van der Waals surface area contributed by atoms with Crippen LogP contribution in [0.25, 0.3) is 0 Å². The van der Waals surface area contributed by atoms with E-state index in [4.69, 9.17) is 0 Å². The molecule has 6 rings (SSSR count). The molecule has 246 valence electrons. The minimum absolute atomic E-state index is 0.180. The number of benzene rings is 3. The fourth-order valence-electron chi connectivity index (χ4n) is 7.76. The van der Waals surface area contributed by atoms with Crippen LogP contribution in [0.1, 0.15) is 66.4 Å². The number of amides is 3. The molecule has 3 unspecified atom stereocenters. The third kappa shape index (κ3) is 5.93. The van der Waals surface area contributed by atoms with Gasteiger partial charge in [-0.25, -0.2) is 0 Å². The number of phenolic OH excluding ortho intramolecular Hbond substituents is 1. The lowest BCUT2D eigenvalue weighted by atomic mass is 9.69. The molecule has 9 nitrogen and oxygen atoms in total. The zero-order valence-corrected chi connectivity index (χ0v) is 27.2. The number of anilines is 1. The molecule has 2 N–H and O–H groups in total. The van der Waals surface area contributed by atoms with Gasteiger partial charge in [-0.15, -0.1) is 0 Å². The highest BCUT2D eigenvalue weighted by Gasteiger charge is 2.70. The summed E-state index contributed by atoms with van der Waals surface area (Å²) in [5.41, 5.74) is -0.585. The number of likely N-dealkylation sites (N-methyl/N-ethyl adjacent to an activating group) is 1. The summed E-state index contributed by atoms with van der Waals surface area (Å²) < 4.78 is 0. The number of aryl methyl sites for hydroxylation is 1. The number of nitrogens with one attached hydrogen (secondary N) is 1. The zero-order chi connectivity index (χ0) is 33.1. The Balaban J connectivity index is 1.62. The maximum Gasteiger partial charge on any atom is 0.255 e. The molecule has 3 amide bonds. The van der Waals surface area contributed by atoms with E-state index in [0.717, 1.165) is 44.2 Å². The minimum atomic E-state index is -2.21. The fourth-order valence-corrected chi connectivity index (χ4v) is 7.76. The molecule has 2 heterocycles. The second kappa shape index (κ2) is 13.7. The topological polar surface area (TPSA) is 110 Å². The van der Waals surface area contributed by atoms with E-state index >= 15 is 14.4 Å². The normalized spacial score (nSPS) is 23.9. The molecule has 3 aromatic rings. The number of carbonyl (C=O) groups excluding carboxylic acids is 4. The van der Waals surface area contributed by atoms with Crippen LogP contribution in [0.3, 0.4) is 0 Å². The molecular formula is C38H44N4O5. The van der Waals surface area contributed by atoms with Crippen LogP contribution in [-0.4, -0.2) is 82.7 Å². The number of hydrogen-bond donors (Lipinski definition) is 2. The molecule has 2 aliphatic heterocycles. The average Bonchev–Trinajstić information content (AvgIpc) is 3.38. The number of carbonyl (C=O) groups is 4. The van der Waals surface area contributed by atoms with Crippen molar-refractivity contribution in [3.05, 3.63) is 95.6 Å². The molecule has 3 aliphatic rings. The Morgan fingerprint density at radius 3 is 2.21 bits per heavy atom. The second-order valence-corrected chi connectivity index (χ2v) is 13.1. The van der Waals surface area contributed by atoms with Crippen molar-refractivity contribution >= 4 is 29.2 Å². The van der Waals surface area contributed by atoms with Crippen LogP contribution < -0.4 is 10.2 Å². The summed E-state index contributed by atoms with van der Waals surface area (Å²) in [4.78, 5) is 65.6. The number of nitrogens with zero attached hydrogens (tertiary/aromatic N) is 3. The number of phenols is 1. The average molecular weight is 637 g/mol. The maximum absolute atomic E-state index is 15.3. The molecule has 3 aromatic carbocycles. The fraction of sp³-hybridized carbons (Fsp3) is 0.421. The van der Waals surface area contributed by atoms with Gasteiger partial charge in [0.2, 0.25) is 11.8 Å². The monoisotopic (exact) mass is 636 g/mol. The van der Waals surface area contributed by atoms with E-state index in [1.54, 1.807) is 71.6 Å². The van der Waals surface area contributed by atoms with Crippen LogP contribution in [-0.2, 0) is 14.4 Å². The molecule has 1 aliphatic carbocycles. The Morgan fingerprint density at radius 2 is 1.55 bits per heavy atom. The molecule has 0 aromatic heterocycles. The van der Waals surface area contributed by atoms with E-state index in [1.807, 2.05) is 13.0 Å². The van der Waals surface area contributed by atoms with Crippen molar-refractivity contribution in [1.29, 1.82) is 0 Å². The third-order valence-corrected chi connectivity index (χ3v) is 10.2. The molecule has 2 saturated heterocycles. The molecule has 9 heteroatoms. The summed E-state index contributed by atoms with van der Waals surface area (Å²) in [6, 6.07) is 21.9. The molecular weight excluding hydrogens is 592 g/mol. The van der Waals surface area contributed by atoms with E-state index in [-0.39, 0.29) is 22.9 Å². The predicted octanol–water partition coefficient (Wildman–Crippen LogP) is 4.68. The van der Waals surface area contributed by atoms with E-state index in [2.05, 4.69) is 17.1 Å². The lowest BCUT2D eigenvalue weighted by Crippen LogP contribution is -2.65. The molecule has 0 bridgehead atoms. The number of piperazine rings is 1. The maximum atomic E-state index is 15.3. The molecule has 3 atom stereocenters. The standard InChI is InChI=1S/C38H44N4O5/c1-3-40-21-23-41(24-22-40)35(45)32-33(30-19-10-11-20-31(30)43)38(34(44)27-14-6-4-7-15-27,37(47)39-28-16-8-5-9-17-28)42(36(32)46)29-18-12-13-26(2)25-29/h4,6-7,10-15,18-20,25,28,32-33,43H,3,5,8-9,16-17,21-24H2,1-2H3,(H,39,47). The molecule has 47 heavy (non-hydrogen) atoms. The van der Waals surface area contributed by atoms with Crippen LogP contribution in [0.15, 0.2) is 78.9 Å². The van der Waals surface area contributed by atoms with Gasteiger partial charge in [0, 0.05) is 55.0 Å². The van der Waals surface area contributed by atoms with Crippen LogP contribution in [0.2, 0.25) is 0 Å². The summed E-state index contributed by atoms with van der Waals surface area (Å²) in [6.07, 6.45) is 4.46. The lowest BCUT2D eigenvalue weighted by molar-refractivity contribution is -0.141. The van der Waals surface area contributed by atoms with Crippen LogP contribution in [0, 0.1) is 12.8 Å².